The SMILES string of the molecule is Cc1ccc(/C=C/C(=O)NCC(C)(C)CCCO)o1. The van der Waals surface area contributed by atoms with Crippen LogP contribution in [0, 0.1) is 12.3 Å². The number of amides is 1. The summed E-state index contributed by atoms with van der Waals surface area (Å²) < 4.78 is 5.34. The summed E-state index contributed by atoms with van der Waals surface area (Å²) in [6.45, 7) is 6.79. The van der Waals surface area contributed by atoms with Gasteiger partial charge in [0.1, 0.15) is 11.5 Å². The van der Waals surface area contributed by atoms with Crippen LogP contribution in [0.5, 0.6) is 0 Å². The average molecular weight is 265 g/mol. The van der Waals surface area contributed by atoms with E-state index in [0.717, 1.165) is 18.6 Å². The van der Waals surface area contributed by atoms with Crippen LogP contribution in [-0.2, 0) is 4.79 Å². The first-order valence-electron chi connectivity index (χ1n) is 6.56. The monoisotopic (exact) mass is 265 g/mol. The second-order valence-electron chi connectivity index (χ2n) is 5.49. The van der Waals surface area contributed by atoms with E-state index in [1.165, 1.54) is 6.08 Å². The molecule has 0 fully saturated rings. The van der Waals surface area contributed by atoms with Gasteiger partial charge in [0.15, 0.2) is 0 Å². The molecule has 0 aliphatic heterocycles. The summed E-state index contributed by atoms with van der Waals surface area (Å²) in [5.41, 5.74) is -0.00645. The maximum absolute atomic E-state index is 11.7. The van der Waals surface area contributed by atoms with E-state index in [1.807, 2.05) is 19.1 Å². The Balaban J connectivity index is 2.37. The highest BCUT2D eigenvalue weighted by molar-refractivity contribution is 5.91. The molecule has 1 aromatic rings. The van der Waals surface area contributed by atoms with E-state index in [-0.39, 0.29) is 17.9 Å². The minimum absolute atomic E-state index is 0.00645. The molecular weight excluding hydrogens is 242 g/mol. The smallest absolute Gasteiger partial charge is 0.244 e. The number of hydrogen-bond donors (Lipinski definition) is 2. The second-order valence-corrected chi connectivity index (χ2v) is 5.49. The van der Waals surface area contributed by atoms with Crippen molar-refractivity contribution in [3.05, 3.63) is 29.7 Å². The van der Waals surface area contributed by atoms with Gasteiger partial charge in [-0.2, -0.15) is 0 Å². The maximum Gasteiger partial charge on any atom is 0.244 e. The third kappa shape index (κ3) is 6.25. The molecule has 0 bridgehead atoms. The van der Waals surface area contributed by atoms with Crippen LogP contribution in [0.15, 0.2) is 22.6 Å². The number of carbonyl (C=O) groups excluding carboxylic acids is 1. The Morgan fingerprint density at radius 1 is 1.47 bits per heavy atom. The molecule has 0 unspecified atom stereocenters. The lowest BCUT2D eigenvalue weighted by Crippen LogP contribution is -2.33. The molecule has 4 heteroatoms. The van der Waals surface area contributed by atoms with Gasteiger partial charge in [-0.05, 0) is 43.4 Å². The molecule has 0 aromatic carbocycles. The first-order chi connectivity index (χ1) is 8.93. The predicted molar refractivity (Wildman–Crippen MR) is 75.6 cm³/mol. The van der Waals surface area contributed by atoms with Crippen LogP contribution >= 0.6 is 0 Å². The number of aliphatic hydroxyl groups excluding tert-OH is 1. The summed E-state index contributed by atoms with van der Waals surface area (Å²) in [6.07, 6.45) is 4.76. The fraction of sp³-hybridized carbons (Fsp3) is 0.533. The Bertz CT molecular complexity index is 432. The van der Waals surface area contributed by atoms with Crippen molar-refractivity contribution in [3.8, 4) is 0 Å². The predicted octanol–water partition coefficient (Wildman–Crippen LogP) is 2.52. The molecule has 0 saturated heterocycles. The van der Waals surface area contributed by atoms with Gasteiger partial charge in [0.2, 0.25) is 5.91 Å². The number of hydrogen-bond acceptors (Lipinski definition) is 3. The van der Waals surface area contributed by atoms with Gasteiger partial charge in [0.25, 0.3) is 0 Å². The summed E-state index contributed by atoms with van der Waals surface area (Å²) in [4.78, 5) is 11.7. The van der Waals surface area contributed by atoms with E-state index >= 15 is 0 Å². The maximum atomic E-state index is 11.7. The number of aliphatic hydroxyl groups is 1. The fourth-order valence-corrected chi connectivity index (χ4v) is 1.73. The molecule has 1 rings (SSSR count). The highest BCUT2D eigenvalue weighted by atomic mass is 16.3. The standard InChI is InChI=1S/C15H23NO3/c1-12-5-6-13(19-12)7-8-14(18)16-11-15(2,3)9-4-10-17/h5-8,17H,4,9-11H2,1-3H3,(H,16,18)/b8-7+. The third-order valence-electron chi connectivity index (χ3n) is 2.91. The van der Waals surface area contributed by atoms with Gasteiger partial charge >= 0.3 is 0 Å². The summed E-state index contributed by atoms with van der Waals surface area (Å²) >= 11 is 0. The van der Waals surface area contributed by atoms with Gasteiger partial charge in [-0.1, -0.05) is 13.8 Å². The van der Waals surface area contributed by atoms with Crippen molar-refractivity contribution in [2.75, 3.05) is 13.2 Å². The number of carbonyl (C=O) groups is 1. The van der Waals surface area contributed by atoms with Gasteiger partial charge < -0.3 is 14.8 Å². The molecule has 0 atom stereocenters. The molecule has 0 radical (unpaired) electrons. The fourth-order valence-electron chi connectivity index (χ4n) is 1.73. The van der Waals surface area contributed by atoms with E-state index in [1.54, 1.807) is 6.08 Å². The lowest BCUT2D eigenvalue weighted by atomic mass is 9.88. The van der Waals surface area contributed by atoms with Crippen molar-refractivity contribution in [1.29, 1.82) is 0 Å². The highest BCUT2D eigenvalue weighted by Gasteiger charge is 2.17. The van der Waals surface area contributed by atoms with Crippen LogP contribution in [-0.4, -0.2) is 24.2 Å². The minimum Gasteiger partial charge on any atom is -0.462 e. The Morgan fingerprint density at radius 3 is 2.79 bits per heavy atom. The van der Waals surface area contributed by atoms with Gasteiger partial charge in [0, 0.05) is 19.2 Å². The van der Waals surface area contributed by atoms with Crippen LogP contribution in [0.2, 0.25) is 0 Å². The van der Waals surface area contributed by atoms with Crippen LogP contribution in [0.4, 0.5) is 0 Å². The van der Waals surface area contributed by atoms with Gasteiger partial charge in [-0.15, -0.1) is 0 Å². The molecule has 19 heavy (non-hydrogen) atoms. The lowest BCUT2D eigenvalue weighted by Gasteiger charge is -2.24. The van der Waals surface area contributed by atoms with Crippen molar-refractivity contribution in [2.24, 2.45) is 5.41 Å². The molecule has 2 N–H and O–H groups in total. The summed E-state index contributed by atoms with van der Waals surface area (Å²) in [5, 5.41) is 11.7. The molecule has 1 aromatic heterocycles. The van der Waals surface area contributed by atoms with E-state index in [2.05, 4.69) is 19.2 Å². The van der Waals surface area contributed by atoms with Crippen molar-refractivity contribution >= 4 is 12.0 Å². The number of rotatable bonds is 7. The molecule has 0 saturated carbocycles. The van der Waals surface area contributed by atoms with Crippen LogP contribution in [0.1, 0.15) is 38.2 Å². The Hall–Kier alpha value is -1.55. The molecule has 1 heterocycles. The molecule has 4 nitrogen and oxygen atoms in total. The molecule has 1 amide bonds. The van der Waals surface area contributed by atoms with Crippen molar-refractivity contribution in [1.82, 2.24) is 5.32 Å². The van der Waals surface area contributed by atoms with E-state index in [0.29, 0.717) is 12.3 Å². The summed E-state index contributed by atoms with van der Waals surface area (Å²) in [6, 6.07) is 3.68. The minimum atomic E-state index is -0.133. The van der Waals surface area contributed by atoms with Crippen molar-refractivity contribution in [3.63, 3.8) is 0 Å². The largest absolute Gasteiger partial charge is 0.462 e. The Kier molecular flexibility index (Phi) is 5.83. The van der Waals surface area contributed by atoms with Gasteiger partial charge in [-0.25, -0.2) is 0 Å². The molecular formula is C15H23NO3. The number of nitrogens with one attached hydrogen (secondary N) is 1. The van der Waals surface area contributed by atoms with E-state index in [4.69, 9.17) is 9.52 Å². The van der Waals surface area contributed by atoms with Gasteiger partial charge in [-0.3, -0.25) is 4.79 Å². The Morgan fingerprint density at radius 2 is 2.21 bits per heavy atom. The first kappa shape index (κ1) is 15.5. The highest BCUT2D eigenvalue weighted by Crippen LogP contribution is 2.20. The number of aryl methyl sites for hydroxylation is 1. The zero-order valence-corrected chi connectivity index (χ0v) is 11.9. The van der Waals surface area contributed by atoms with Crippen LogP contribution in [0.25, 0.3) is 6.08 Å². The lowest BCUT2D eigenvalue weighted by molar-refractivity contribution is -0.116. The van der Waals surface area contributed by atoms with Crippen molar-refractivity contribution < 1.29 is 14.3 Å². The second kappa shape index (κ2) is 7.14. The van der Waals surface area contributed by atoms with E-state index < -0.39 is 0 Å². The van der Waals surface area contributed by atoms with E-state index in [9.17, 15) is 4.79 Å². The van der Waals surface area contributed by atoms with Gasteiger partial charge in [0.05, 0.1) is 0 Å². The average Bonchev–Trinajstić information content (AvgIpc) is 2.77. The molecule has 0 aliphatic carbocycles. The molecule has 0 spiro atoms. The Labute approximate surface area is 114 Å². The quantitative estimate of drug-likeness (QED) is 0.745. The van der Waals surface area contributed by atoms with Crippen LogP contribution < -0.4 is 5.32 Å². The molecule has 0 aliphatic rings. The topological polar surface area (TPSA) is 62.5 Å². The summed E-state index contributed by atoms with van der Waals surface area (Å²) in [5.74, 6) is 1.36. The third-order valence-corrected chi connectivity index (χ3v) is 2.91. The zero-order chi connectivity index (χ0) is 14.3. The van der Waals surface area contributed by atoms with Crippen molar-refractivity contribution in [2.45, 2.75) is 33.6 Å². The zero-order valence-electron chi connectivity index (χ0n) is 11.9. The normalized spacial score (nSPS) is 12.0. The summed E-state index contributed by atoms with van der Waals surface area (Å²) in [7, 11) is 0. The first-order valence-corrected chi connectivity index (χ1v) is 6.56. The number of furan rings is 1. The molecule has 106 valence electrons. The van der Waals surface area contributed by atoms with Crippen LogP contribution in [0.3, 0.4) is 0 Å².